The van der Waals surface area contributed by atoms with Crippen molar-refractivity contribution in [2.45, 2.75) is 38.0 Å². The predicted octanol–water partition coefficient (Wildman–Crippen LogP) is 5.01. The Labute approximate surface area is 205 Å². The van der Waals surface area contributed by atoms with Crippen molar-refractivity contribution in [2.24, 2.45) is 0 Å². The molecule has 1 aromatic heterocycles. The summed E-state index contributed by atoms with van der Waals surface area (Å²) in [4.78, 5) is 12.4. The molecule has 3 aromatic rings. The molecule has 2 aromatic carbocycles. The summed E-state index contributed by atoms with van der Waals surface area (Å²) in [5.41, 5.74) is 1.22. The Kier molecular flexibility index (Phi) is 8.91. The van der Waals surface area contributed by atoms with Crippen molar-refractivity contribution >= 4 is 33.5 Å². The van der Waals surface area contributed by atoms with Gasteiger partial charge in [-0.05, 0) is 61.4 Å². The number of amides is 1. The molecule has 0 fully saturated rings. The summed E-state index contributed by atoms with van der Waals surface area (Å²) in [7, 11) is -2.26. The minimum Gasteiger partial charge on any atom is -0.493 e. The maximum atomic E-state index is 12.5. The first kappa shape index (κ1) is 25.8. The molecule has 0 unspecified atom stereocenters. The number of hydrogen-bond donors (Lipinski definition) is 2. The summed E-state index contributed by atoms with van der Waals surface area (Å²) in [6.07, 6.45) is 6.25. The van der Waals surface area contributed by atoms with Crippen LogP contribution in [0.25, 0.3) is 6.08 Å². The molecule has 0 aliphatic heterocycles. The van der Waals surface area contributed by atoms with E-state index in [4.69, 9.17) is 14.0 Å². The molecule has 3 rings (SSSR count). The Morgan fingerprint density at radius 2 is 1.86 bits per heavy atom. The maximum absolute atomic E-state index is 12.5. The molecule has 0 saturated heterocycles. The summed E-state index contributed by atoms with van der Waals surface area (Å²) < 4.78 is 43.3. The summed E-state index contributed by atoms with van der Waals surface area (Å²) in [5, 5.41) is 6.32. The number of rotatable bonds is 12. The lowest BCUT2D eigenvalue weighted by atomic mass is 10.2. The Hall–Kier alpha value is -3.79. The third-order valence-corrected chi connectivity index (χ3v) is 6.29. The van der Waals surface area contributed by atoms with Crippen molar-refractivity contribution in [2.75, 3.05) is 23.8 Å². The van der Waals surface area contributed by atoms with Gasteiger partial charge in [0.15, 0.2) is 17.3 Å². The van der Waals surface area contributed by atoms with Gasteiger partial charge in [0, 0.05) is 17.8 Å². The molecule has 1 amide bonds. The zero-order valence-electron chi connectivity index (χ0n) is 19.9. The number of carbonyl (C=O) groups is 1. The second kappa shape index (κ2) is 12.1. The monoisotopic (exact) mass is 499 g/mol. The van der Waals surface area contributed by atoms with Crippen molar-refractivity contribution in [1.82, 2.24) is 5.16 Å². The van der Waals surface area contributed by atoms with Gasteiger partial charge < -0.3 is 19.3 Å². The second-order valence-electron chi connectivity index (χ2n) is 7.74. The molecule has 0 aliphatic carbocycles. The lowest BCUT2D eigenvalue weighted by molar-refractivity contribution is -0.111. The van der Waals surface area contributed by atoms with Gasteiger partial charge in [0.1, 0.15) is 5.76 Å². The molecule has 1 heterocycles. The number of methoxy groups -OCH3 is 1. The standard InChI is InChI=1S/C25H29N3O6S/c1-4-5-6-15-33-22-13-7-19(17-23(22)32-3)8-14-25(29)26-20-9-11-21(12-10-20)35(30,31)28-24-16-18(2)34-27-24/h7-14,16-17H,4-6,15H2,1-3H3,(H,26,29)(H,27,28)/b14-8+. The fraction of sp³-hybridized carbons (Fsp3) is 0.280. The van der Waals surface area contributed by atoms with Crippen LogP contribution in [0.5, 0.6) is 11.5 Å². The van der Waals surface area contributed by atoms with E-state index in [1.165, 1.54) is 36.4 Å². The molecule has 0 saturated carbocycles. The number of hydrogen-bond acceptors (Lipinski definition) is 7. The molecule has 0 aliphatic rings. The minimum atomic E-state index is -3.83. The predicted molar refractivity (Wildman–Crippen MR) is 134 cm³/mol. The number of unbranched alkanes of at least 4 members (excludes halogenated alkanes) is 2. The Bertz CT molecular complexity index is 1270. The quantitative estimate of drug-likeness (QED) is 0.265. The van der Waals surface area contributed by atoms with E-state index in [2.05, 4.69) is 22.1 Å². The molecule has 186 valence electrons. The average Bonchev–Trinajstić information content (AvgIpc) is 3.24. The van der Waals surface area contributed by atoms with Crippen molar-refractivity contribution in [3.63, 3.8) is 0 Å². The minimum absolute atomic E-state index is 0.0239. The molecule has 0 atom stereocenters. The van der Waals surface area contributed by atoms with E-state index in [0.29, 0.717) is 29.6 Å². The summed E-state index contributed by atoms with van der Waals surface area (Å²) in [6, 6.07) is 12.7. The fourth-order valence-electron chi connectivity index (χ4n) is 3.13. The highest BCUT2D eigenvalue weighted by Gasteiger charge is 2.16. The second-order valence-corrected chi connectivity index (χ2v) is 9.42. The number of benzene rings is 2. The molecule has 0 spiro atoms. The van der Waals surface area contributed by atoms with Crippen molar-refractivity contribution in [1.29, 1.82) is 0 Å². The van der Waals surface area contributed by atoms with Gasteiger partial charge in [-0.2, -0.15) is 0 Å². The SMILES string of the molecule is CCCCCOc1ccc(/C=C/C(=O)Nc2ccc(S(=O)(=O)Nc3cc(C)on3)cc2)cc1OC. The Balaban J connectivity index is 1.58. The van der Waals surface area contributed by atoms with Gasteiger partial charge >= 0.3 is 0 Å². The van der Waals surface area contributed by atoms with Crippen LogP contribution in [0, 0.1) is 6.92 Å². The number of nitrogens with zero attached hydrogens (tertiary/aromatic N) is 1. The summed E-state index contributed by atoms with van der Waals surface area (Å²) in [6.45, 7) is 4.42. The molecule has 10 heteroatoms. The number of ether oxygens (including phenoxy) is 2. The van der Waals surface area contributed by atoms with E-state index >= 15 is 0 Å². The summed E-state index contributed by atoms with van der Waals surface area (Å²) in [5.74, 6) is 1.47. The maximum Gasteiger partial charge on any atom is 0.263 e. The van der Waals surface area contributed by atoms with Gasteiger partial charge in [-0.1, -0.05) is 31.0 Å². The van der Waals surface area contributed by atoms with E-state index < -0.39 is 10.0 Å². The highest BCUT2D eigenvalue weighted by atomic mass is 32.2. The highest BCUT2D eigenvalue weighted by molar-refractivity contribution is 7.92. The number of aryl methyl sites for hydroxylation is 1. The Morgan fingerprint density at radius 1 is 1.09 bits per heavy atom. The van der Waals surface area contributed by atoms with Gasteiger partial charge in [0.05, 0.1) is 18.6 Å². The van der Waals surface area contributed by atoms with Crippen molar-refractivity contribution < 1.29 is 27.2 Å². The van der Waals surface area contributed by atoms with Crippen LogP contribution in [0.3, 0.4) is 0 Å². The lowest BCUT2D eigenvalue weighted by Gasteiger charge is -2.11. The number of anilines is 2. The van der Waals surface area contributed by atoms with Crippen LogP contribution in [0.15, 0.2) is 64.0 Å². The van der Waals surface area contributed by atoms with E-state index in [1.807, 2.05) is 12.1 Å². The van der Waals surface area contributed by atoms with Gasteiger partial charge in [-0.25, -0.2) is 8.42 Å². The van der Waals surface area contributed by atoms with Crippen LogP contribution in [0.1, 0.15) is 37.5 Å². The van der Waals surface area contributed by atoms with E-state index in [-0.39, 0.29) is 16.6 Å². The van der Waals surface area contributed by atoms with Gasteiger partial charge in [-0.15, -0.1) is 0 Å². The largest absolute Gasteiger partial charge is 0.493 e. The van der Waals surface area contributed by atoms with Crippen molar-refractivity contribution in [3.05, 3.63) is 65.9 Å². The number of aromatic nitrogens is 1. The van der Waals surface area contributed by atoms with Gasteiger partial charge in [-0.3, -0.25) is 9.52 Å². The molecular weight excluding hydrogens is 470 g/mol. The van der Waals surface area contributed by atoms with Crippen LogP contribution >= 0.6 is 0 Å². The Morgan fingerprint density at radius 3 is 2.51 bits per heavy atom. The normalized spacial score (nSPS) is 11.4. The van der Waals surface area contributed by atoms with Crippen LogP contribution < -0.4 is 19.5 Å². The summed E-state index contributed by atoms with van der Waals surface area (Å²) >= 11 is 0. The lowest BCUT2D eigenvalue weighted by Crippen LogP contribution is -2.13. The van der Waals surface area contributed by atoms with Crippen LogP contribution in [-0.4, -0.2) is 33.2 Å². The van der Waals surface area contributed by atoms with Crippen LogP contribution in [0.4, 0.5) is 11.5 Å². The molecule has 0 radical (unpaired) electrons. The molecular formula is C25H29N3O6S. The van der Waals surface area contributed by atoms with E-state index in [9.17, 15) is 13.2 Å². The highest BCUT2D eigenvalue weighted by Crippen LogP contribution is 2.29. The first-order valence-electron chi connectivity index (χ1n) is 11.2. The average molecular weight is 500 g/mol. The molecule has 9 nitrogen and oxygen atoms in total. The topological polar surface area (TPSA) is 120 Å². The van der Waals surface area contributed by atoms with Crippen molar-refractivity contribution in [3.8, 4) is 11.5 Å². The third kappa shape index (κ3) is 7.61. The van der Waals surface area contributed by atoms with Gasteiger partial charge in [0.25, 0.3) is 10.0 Å². The first-order chi connectivity index (χ1) is 16.8. The van der Waals surface area contributed by atoms with E-state index in [0.717, 1.165) is 24.8 Å². The molecule has 2 N–H and O–H groups in total. The molecule has 35 heavy (non-hydrogen) atoms. The molecule has 0 bridgehead atoms. The van der Waals surface area contributed by atoms with Crippen LogP contribution in [0.2, 0.25) is 0 Å². The first-order valence-corrected chi connectivity index (χ1v) is 12.6. The number of sulfonamides is 1. The smallest absolute Gasteiger partial charge is 0.263 e. The number of nitrogens with one attached hydrogen (secondary N) is 2. The van der Waals surface area contributed by atoms with E-state index in [1.54, 1.807) is 26.2 Å². The van der Waals surface area contributed by atoms with Crippen LogP contribution in [-0.2, 0) is 14.8 Å². The number of carbonyl (C=O) groups excluding carboxylic acids is 1. The zero-order valence-corrected chi connectivity index (χ0v) is 20.7. The zero-order chi connectivity index (χ0) is 25.3. The third-order valence-electron chi connectivity index (χ3n) is 4.92. The van der Waals surface area contributed by atoms with Gasteiger partial charge in [0.2, 0.25) is 5.91 Å². The fourth-order valence-corrected chi connectivity index (χ4v) is 4.11.